The molecule has 2 N–H and O–H groups in total. The average molecular weight is 377 g/mol. The Balaban J connectivity index is 1.98. The van der Waals surface area contributed by atoms with E-state index in [4.69, 9.17) is 14.2 Å². The second-order valence-corrected chi connectivity index (χ2v) is 6.12. The number of nitrogens with zero attached hydrogens (tertiary/aromatic N) is 2. The summed E-state index contributed by atoms with van der Waals surface area (Å²) < 4.78 is 16.3. The first-order chi connectivity index (χ1) is 13.7. The first-order valence-electron chi connectivity index (χ1n) is 8.59. The molecule has 7 heteroatoms. The summed E-state index contributed by atoms with van der Waals surface area (Å²) in [6, 6.07) is 12.7. The van der Waals surface area contributed by atoms with Crippen LogP contribution < -0.4 is 14.2 Å². The van der Waals surface area contributed by atoms with Crippen LogP contribution >= 0.6 is 0 Å². The SMILES string of the molecule is COc1cc(-c2n[nH]c3nccc(-c4cccc(O)c4)c23)cc(OC)c1OC. The van der Waals surface area contributed by atoms with Crippen LogP contribution in [0.5, 0.6) is 23.0 Å². The number of phenols is 1. The predicted molar refractivity (Wildman–Crippen MR) is 106 cm³/mol. The maximum absolute atomic E-state index is 9.89. The van der Waals surface area contributed by atoms with Crippen molar-refractivity contribution in [3.8, 4) is 45.4 Å². The standard InChI is InChI=1S/C21H19N3O4/c1-26-16-10-13(11-17(27-2)20(16)28-3)19-18-15(7-8-22-21(18)24-23-19)12-5-4-6-14(25)9-12/h4-11,25H,1-3H3,(H,22,23,24). The van der Waals surface area contributed by atoms with Crippen molar-refractivity contribution in [3.05, 3.63) is 48.7 Å². The minimum absolute atomic E-state index is 0.195. The van der Waals surface area contributed by atoms with Gasteiger partial charge in [0.2, 0.25) is 5.75 Å². The summed E-state index contributed by atoms with van der Waals surface area (Å²) in [5.74, 6) is 1.78. The molecule has 4 aromatic rings. The zero-order valence-electron chi connectivity index (χ0n) is 15.7. The lowest BCUT2D eigenvalue weighted by atomic mass is 9.99. The Hall–Kier alpha value is -3.74. The summed E-state index contributed by atoms with van der Waals surface area (Å²) in [6.45, 7) is 0. The number of rotatable bonds is 5. The molecule has 0 fully saturated rings. The molecule has 0 spiro atoms. The molecule has 0 aliphatic heterocycles. The molecule has 4 rings (SSSR count). The summed E-state index contributed by atoms with van der Waals surface area (Å²) in [6.07, 6.45) is 1.71. The van der Waals surface area contributed by atoms with Crippen LogP contribution in [-0.4, -0.2) is 41.6 Å². The van der Waals surface area contributed by atoms with E-state index >= 15 is 0 Å². The summed E-state index contributed by atoms with van der Waals surface area (Å²) in [4.78, 5) is 4.39. The summed E-state index contributed by atoms with van der Waals surface area (Å²) in [5.41, 5.74) is 3.89. The monoisotopic (exact) mass is 377 g/mol. The molecule has 2 heterocycles. The Kier molecular flexibility index (Phi) is 4.49. The van der Waals surface area contributed by atoms with Gasteiger partial charge in [-0.3, -0.25) is 5.10 Å². The Morgan fingerprint density at radius 2 is 1.64 bits per heavy atom. The van der Waals surface area contributed by atoms with E-state index in [1.807, 2.05) is 24.3 Å². The zero-order valence-corrected chi connectivity index (χ0v) is 15.7. The molecule has 0 unspecified atom stereocenters. The second-order valence-electron chi connectivity index (χ2n) is 6.12. The lowest BCUT2D eigenvalue weighted by Crippen LogP contribution is -1.96. The van der Waals surface area contributed by atoms with E-state index in [1.165, 1.54) is 0 Å². The third-order valence-corrected chi connectivity index (χ3v) is 4.56. The van der Waals surface area contributed by atoms with Crippen LogP contribution in [0.15, 0.2) is 48.7 Å². The fourth-order valence-electron chi connectivity index (χ4n) is 3.29. The number of hydrogen-bond acceptors (Lipinski definition) is 6. The number of aromatic nitrogens is 3. The lowest BCUT2D eigenvalue weighted by molar-refractivity contribution is 0.324. The average Bonchev–Trinajstić information content (AvgIpc) is 3.17. The van der Waals surface area contributed by atoms with Crippen molar-refractivity contribution in [2.75, 3.05) is 21.3 Å². The minimum atomic E-state index is 0.195. The van der Waals surface area contributed by atoms with E-state index in [1.54, 1.807) is 45.7 Å². The van der Waals surface area contributed by atoms with Crippen LogP contribution in [0, 0.1) is 0 Å². The molecule has 7 nitrogen and oxygen atoms in total. The number of phenolic OH excluding ortho intramolecular Hbond substituents is 1. The number of nitrogens with one attached hydrogen (secondary N) is 1. The number of aromatic amines is 1. The number of benzene rings is 2. The maximum atomic E-state index is 9.89. The molecule has 0 radical (unpaired) electrons. The van der Waals surface area contributed by atoms with Crippen LogP contribution in [-0.2, 0) is 0 Å². The van der Waals surface area contributed by atoms with Crippen molar-refractivity contribution in [2.45, 2.75) is 0 Å². The normalized spacial score (nSPS) is 10.8. The molecular weight excluding hydrogens is 358 g/mol. The van der Waals surface area contributed by atoms with Crippen molar-refractivity contribution >= 4 is 11.0 Å². The molecule has 0 atom stereocenters. The highest BCUT2D eigenvalue weighted by molar-refractivity contribution is 6.02. The predicted octanol–water partition coefficient (Wildman–Crippen LogP) is 4.02. The maximum Gasteiger partial charge on any atom is 0.203 e. The summed E-state index contributed by atoms with van der Waals surface area (Å²) >= 11 is 0. The van der Waals surface area contributed by atoms with E-state index in [9.17, 15) is 5.11 Å². The van der Waals surface area contributed by atoms with E-state index in [0.29, 0.717) is 28.6 Å². The van der Waals surface area contributed by atoms with Gasteiger partial charge in [0.15, 0.2) is 17.1 Å². The van der Waals surface area contributed by atoms with Gasteiger partial charge in [0.1, 0.15) is 11.4 Å². The van der Waals surface area contributed by atoms with Crippen LogP contribution in [0.1, 0.15) is 0 Å². The van der Waals surface area contributed by atoms with Gasteiger partial charge in [-0.1, -0.05) is 12.1 Å². The van der Waals surface area contributed by atoms with Crippen molar-refractivity contribution in [3.63, 3.8) is 0 Å². The molecule has 142 valence electrons. The number of H-pyrrole nitrogens is 1. The Labute approximate surface area is 161 Å². The quantitative estimate of drug-likeness (QED) is 0.546. The van der Waals surface area contributed by atoms with Gasteiger partial charge in [0.05, 0.1) is 26.7 Å². The van der Waals surface area contributed by atoms with Gasteiger partial charge < -0.3 is 19.3 Å². The van der Waals surface area contributed by atoms with Crippen LogP contribution in [0.25, 0.3) is 33.4 Å². The molecule has 2 aromatic carbocycles. The fraction of sp³-hybridized carbons (Fsp3) is 0.143. The molecule has 0 amide bonds. The Morgan fingerprint density at radius 3 is 2.29 bits per heavy atom. The van der Waals surface area contributed by atoms with Crippen molar-refractivity contribution in [1.29, 1.82) is 0 Å². The summed E-state index contributed by atoms with van der Waals surface area (Å²) in [5, 5.41) is 18.2. The highest BCUT2D eigenvalue weighted by Crippen LogP contribution is 2.43. The second kappa shape index (κ2) is 7.11. The number of ether oxygens (including phenoxy) is 3. The van der Waals surface area contributed by atoms with E-state index in [-0.39, 0.29) is 5.75 Å². The third-order valence-electron chi connectivity index (χ3n) is 4.56. The lowest BCUT2D eigenvalue weighted by Gasteiger charge is -2.14. The first kappa shape index (κ1) is 17.7. The molecule has 0 aliphatic rings. The molecule has 0 aliphatic carbocycles. The van der Waals surface area contributed by atoms with Crippen LogP contribution in [0.2, 0.25) is 0 Å². The Morgan fingerprint density at radius 1 is 0.893 bits per heavy atom. The van der Waals surface area contributed by atoms with Gasteiger partial charge in [0, 0.05) is 11.8 Å². The molecule has 0 saturated heterocycles. The molecule has 0 saturated carbocycles. The summed E-state index contributed by atoms with van der Waals surface area (Å²) in [7, 11) is 4.71. The fourth-order valence-corrected chi connectivity index (χ4v) is 3.29. The number of hydrogen-bond donors (Lipinski definition) is 2. The molecule has 28 heavy (non-hydrogen) atoms. The van der Waals surface area contributed by atoms with Gasteiger partial charge in [-0.05, 0) is 41.5 Å². The van der Waals surface area contributed by atoms with Gasteiger partial charge in [-0.2, -0.15) is 5.10 Å². The van der Waals surface area contributed by atoms with Crippen LogP contribution in [0.4, 0.5) is 0 Å². The number of pyridine rings is 1. The Bertz CT molecular complexity index is 1130. The molecule has 0 bridgehead atoms. The minimum Gasteiger partial charge on any atom is -0.508 e. The number of aromatic hydroxyl groups is 1. The molecule has 2 aromatic heterocycles. The molecular formula is C21H19N3O4. The van der Waals surface area contributed by atoms with Gasteiger partial charge in [-0.25, -0.2) is 4.98 Å². The van der Waals surface area contributed by atoms with Crippen molar-refractivity contribution < 1.29 is 19.3 Å². The number of methoxy groups -OCH3 is 3. The third kappa shape index (κ3) is 2.87. The van der Waals surface area contributed by atoms with Crippen LogP contribution in [0.3, 0.4) is 0 Å². The van der Waals surface area contributed by atoms with Gasteiger partial charge in [0.25, 0.3) is 0 Å². The van der Waals surface area contributed by atoms with Gasteiger partial charge in [-0.15, -0.1) is 0 Å². The topological polar surface area (TPSA) is 89.5 Å². The smallest absolute Gasteiger partial charge is 0.203 e. The van der Waals surface area contributed by atoms with E-state index in [0.717, 1.165) is 22.1 Å². The largest absolute Gasteiger partial charge is 0.508 e. The van der Waals surface area contributed by atoms with E-state index in [2.05, 4.69) is 15.2 Å². The first-order valence-corrected chi connectivity index (χ1v) is 8.59. The van der Waals surface area contributed by atoms with Crippen molar-refractivity contribution in [1.82, 2.24) is 15.2 Å². The van der Waals surface area contributed by atoms with E-state index < -0.39 is 0 Å². The highest BCUT2D eigenvalue weighted by atomic mass is 16.5. The zero-order chi connectivity index (χ0) is 19.7. The van der Waals surface area contributed by atoms with Gasteiger partial charge >= 0.3 is 0 Å². The van der Waals surface area contributed by atoms with Crippen molar-refractivity contribution in [2.24, 2.45) is 0 Å². The highest BCUT2D eigenvalue weighted by Gasteiger charge is 2.19. The number of fused-ring (bicyclic) bond motifs is 1.